The van der Waals surface area contributed by atoms with Gasteiger partial charge in [0.1, 0.15) is 5.60 Å². The fourth-order valence-electron chi connectivity index (χ4n) is 4.99. The lowest BCUT2D eigenvalue weighted by atomic mass is 9.73. The average Bonchev–Trinajstić information content (AvgIpc) is 2.81. The van der Waals surface area contributed by atoms with Gasteiger partial charge in [0.15, 0.2) is 0 Å². The Morgan fingerprint density at radius 3 is 2.34 bits per heavy atom. The molecule has 1 amide bonds. The van der Waals surface area contributed by atoms with Crippen molar-refractivity contribution in [2.75, 3.05) is 13.1 Å². The summed E-state index contributed by atoms with van der Waals surface area (Å²) in [5.74, 6) is 0.721. The van der Waals surface area contributed by atoms with Gasteiger partial charge in [-0.05, 0) is 72.7 Å². The van der Waals surface area contributed by atoms with Crippen molar-refractivity contribution in [1.29, 1.82) is 0 Å². The molecule has 3 aromatic rings. The first-order valence-corrected chi connectivity index (χ1v) is 12.8. The molecule has 1 aliphatic rings. The molecule has 0 radical (unpaired) electrons. The minimum Gasteiger partial charge on any atom is -0.444 e. The van der Waals surface area contributed by atoms with Crippen LogP contribution in [0.25, 0.3) is 10.8 Å². The topological polar surface area (TPSA) is 38.8 Å². The summed E-state index contributed by atoms with van der Waals surface area (Å²) in [5, 5.41) is 3.13. The summed E-state index contributed by atoms with van der Waals surface area (Å²) in [7, 11) is 0. The van der Waals surface area contributed by atoms with E-state index in [2.05, 4.69) is 68.4 Å². The number of rotatable bonds is 5. The Morgan fingerprint density at radius 2 is 1.69 bits per heavy atom. The second-order valence-electron chi connectivity index (χ2n) is 10.9. The monoisotopic (exact) mass is 493 g/mol. The largest absolute Gasteiger partial charge is 0.444 e. The zero-order valence-electron chi connectivity index (χ0n) is 21.3. The minimum absolute atomic E-state index is 0.145. The minimum atomic E-state index is -0.543. The summed E-state index contributed by atoms with van der Waals surface area (Å²) in [4.78, 5) is 14.9. The number of fused-ring (bicyclic) bond motifs is 1. The molecule has 0 bridgehead atoms. The molecule has 1 fully saturated rings. The summed E-state index contributed by atoms with van der Waals surface area (Å²) >= 11 is 6.20. The van der Waals surface area contributed by atoms with Crippen LogP contribution in [0.4, 0.5) is 4.79 Å². The molecule has 1 aliphatic heterocycles. The summed E-state index contributed by atoms with van der Waals surface area (Å²) < 4.78 is 12.4. The first-order valence-electron chi connectivity index (χ1n) is 12.4. The van der Waals surface area contributed by atoms with E-state index in [0.717, 1.165) is 10.6 Å². The number of piperidine rings is 1. The SMILES string of the molecule is CC(C)C1CN(C(=O)OC(C)(C)C)CC(OCc2ccc3ccccc3c2)C1c1ccc(Cl)cc1. The molecule has 3 aromatic carbocycles. The second-order valence-corrected chi connectivity index (χ2v) is 11.3. The van der Waals surface area contributed by atoms with Crippen LogP contribution in [0.5, 0.6) is 0 Å². The fraction of sp³-hybridized carbons (Fsp3) is 0.433. The normalized spacial score (nSPS) is 20.9. The summed E-state index contributed by atoms with van der Waals surface area (Å²) in [6.45, 7) is 11.7. The van der Waals surface area contributed by atoms with E-state index >= 15 is 0 Å². The van der Waals surface area contributed by atoms with Crippen LogP contribution >= 0.6 is 11.6 Å². The Balaban J connectivity index is 1.62. The molecule has 186 valence electrons. The molecule has 0 spiro atoms. The lowest BCUT2D eigenvalue weighted by Crippen LogP contribution is -2.53. The molecular weight excluding hydrogens is 458 g/mol. The molecular formula is C30H36ClNO3. The van der Waals surface area contributed by atoms with Gasteiger partial charge in [-0.1, -0.05) is 74.0 Å². The number of hydrogen-bond acceptors (Lipinski definition) is 3. The Kier molecular flexibility index (Phi) is 7.73. The molecule has 3 unspecified atom stereocenters. The Labute approximate surface area is 214 Å². The van der Waals surface area contributed by atoms with Crippen LogP contribution in [0.3, 0.4) is 0 Å². The van der Waals surface area contributed by atoms with Gasteiger partial charge in [0.2, 0.25) is 0 Å². The zero-order valence-corrected chi connectivity index (χ0v) is 22.1. The van der Waals surface area contributed by atoms with E-state index in [1.54, 1.807) is 0 Å². The third-order valence-corrected chi connectivity index (χ3v) is 6.99. The average molecular weight is 494 g/mol. The predicted octanol–water partition coefficient (Wildman–Crippen LogP) is 7.69. The van der Waals surface area contributed by atoms with Gasteiger partial charge in [-0.15, -0.1) is 0 Å². The van der Waals surface area contributed by atoms with Crippen LogP contribution in [-0.2, 0) is 16.1 Å². The smallest absolute Gasteiger partial charge is 0.410 e. The van der Waals surface area contributed by atoms with E-state index in [9.17, 15) is 4.79 Å². The quantitative estimate of drug-likeness (QED) is 0.365. The van der Waals surface area contributed by atoms with Crippen molar-refractivity contribution >= 4 is 28.5 Å². The first-order chi connectivity index (χ1) is 16.6. The van der Waals surface area contributed by atoms with Crippen molar-refractivity contribution in [2.45, 2.75) is 58.8 Å². The molecule has 5 heteroatoms. The maximum absolute atomic E-state index is 13.1. The van der Waals surface area contributed by atoms with E-state index in [1.165, 1.54) is 16.3 Å². The van der Waals surface area contributed by atoms with Crippen molar-refractivity contribution in [3.63, 3.8) is 0 Å². The van der Waals surface area contributed by atoms with E-state index in [4.69, 9.17) is 21.1 Å². The van der Waals surface area contributed by atoms with Gasteiger partial charge in [0.25, 0.3) is 0 Å². The van der Waals surface area contributed by atoms with Crippen LogP contribution in [0.1, 0.15) is 51.7 Å². The standard InChI is InChI=1S/C30H36ClNO3/c1-20(2)26-17-32(29(33)35-30(3,4)5)18-27(28(26)23-12-14-25(31)15-13-23)34-19-21-10-11-22-8-6-7-9-24(22)16-21/h6-16,20,26-28H,17-19H2,1-5H3. The van der Waals surface area contributed by atoms with Crippen molar-refractivity contribution < 1.29 is 14.3 Å². The van der Waals surface area contributed by atoms with Crippen LogP contribution in [-0.4, -0.2) is 35.8 Å². The van der Waals surface area contributed by atoms with Gasteiger partial charge in [0.05, 0.1) is 19.3 Å². The first kappa shape index (κ1) is 25.5. The van der Waals surface area contributed by atoms with E-state index < -0.39 is 5.60 Å². The van der Waals surface area contributed by atoms with E-state index in [1.807, 2.05) is 37.8 Å². The highest BCUT2D eigenvalue weighted by Crippen LogP contribution is 2.40. The van der Waals surface area contributed by atoms with Crippen molar-refractivity contribution in [1.82, 2.24) is 4.90 Å². The third kappa shape index (κ3) is 6.36. The number of ether oxygens (including phenoxy) is 2. The van der Waals surface area contributed by atoms with Crippen molar-refractivity contribution in [3.8, 4) is 0 Å². The number of carbonyl (C=O) groups is 1. The Bertz CT molecular complexity index is 1150. The van der Waals surface area contributed by atoms with Crippen molar-refractivity contribution in [2.24, 2.45) is 11.8 Å². The summed E-state index contributed by atoms with van der Waals surface area (Å²) in [5.41, 5.74) is 1.77. The molecule has 35 heavy (non-hydrogen) atoms. The van der Waals surface area contributed by atoms with Gasteiger partial charge in [-0.3, -0.25) is 0 Å². The molecule has 0 aliphatic carbocycles. The zero-order chi connectivity index (χ0) is 25.2. The second kappa shape index (κ2) is 10.6. The van der Waals surface area contributed by atoms with Gasteiger partial charge < -0.3 is 14.4 Å². The van der Waals surface area contributed by atoms with Gasteiger partial charge in [-0.2, -0.15) is 0 Å². The van der Waals surface area contributed by atoms with Crippen LogP contribution in [0, 0.1) is 11.8 Å². The molecule has 0 saturated carbocycles. The number of likely N-dealkylation sites (tertiary alicyclic amines) is 1. The number of halogens is 1. The van der Waals surface area contributed by atoms with Gasteiger partial charge >= 0.3 is 6.09 Å². The molecule has 1 saturated heterocycles. The van der Waals surface area contributed by atoms with Gasteiger partial charge in [0, 0.05) is 17.5 Å². The lowest BCUT2D eigenvalue weighted by molar-refractivity contribution is -0.0594. The predicted molar refractivity (Wildman–Crippen MR) is 143 cm³/mol. The van der Waals surface area contributed by atoms with Crippen LogP contribution < -0.4 is 0 Å². The molecule has 0 N–H and O–H groups in total. The van der Waals surface area contributed by atoms with Gasteiger partial charge in [-0.25, -0.2) is 4.79 Å². The fourth-order valence-corrected chi connectivity index (χ4v) is 5.11. The number of benzene rings is 3. The summed E-state index contributed by atoms with van der Waals surface area (Å²) in [6, 6.07) is 22.8. The third-order valence-electron chi connectivity index (χ3n) is 6.73. The number of amides is 1. The molecule has 3 atom stereocenters. The number of nitrogens with zero attached hydrogens (tertiary/aromatic N) is 1. The molecule has 1 heterocycles. The van der Waals surface area contributed by atoms with E-state index in [-0.39, 0.29) is 24.0 Å². The number of hydrogen-bond donors (Lipinski definition) is 0. The van der Waals surface area contributed by atoms with Crippen molar-refractivity contribution in [3.05, 3.63) is 82.9 Å². The molecule has 4 rings (SSSR count). The molecule has 0 aromatic heterocycles. The van der Waals surface area contributed by atoms with E-state index in [0.29, 0.717) is 25.6 Å². The highest BCUT2D eigenvalue weighted by atomic mass is 35.5. The highest BCUT2D eigenvalue weighted by molar-refractivity contribution is 6.30. The van der Waals surface area contributed by atoms with Crippen LogP contribution in [0.15, 0.2) is 66.7 Å². The number of carbonyl (C=O) groups excluding carboxylic acids is 1. The van der Waals surface area contributed by atoms with Crippen LogP contribution in [0.2, 0.25) is 5.02 Å². The maximum atomic E-state index is 13.1. The lowest BCUT2D eigenvalue weighted by Gasteiger charge is -2.45. The summed E-state index contributed by atoms with van der Waals surface area (Å²) in [6.07, 6.45) is -0.451. The highest BCUT2D eigenvalue weighted by Gasteiger charge is 2.42. The Morgan fingerprint density at radius 1 is 1.00 bits per heavy atom. The molecule has 4 nitrogen and oxygen atoms in total. The maximum Gasteiger partial charge on any atom is 0.410 e. The Hall–Kier alpha value is -2.56.